The molecular formula is C15H20N3OVW-. The summed E-state index contributed by atoms with van der Waals surface area (Å²) >= 11 is 0. The molecule has 0 unspecified atom stereocenters. The molecule has 1 aliphatic rings. The van der Waals surface area contributed by atoms with Crippen molar-refractivity contribution in [2.24, 2.45) is 0 Å². The Bertz CT molecular complexity index is 476. The van der Waals surface area contributed by atoms with Gasteiger partial charge in [0.2, 0.25) is 0 Å². The van der Waals surface area contributed by atoms with Crippen molar-refractivity contribution in [2.75, 3.05) is 20.6 Å². The molecule has 1 N–H and O–H groups in total. The second kappa shape index (κ2) is 11.7. The number of nitrogens with zero attached hydrogens (tertiary/aromatic N) is 2. The first-order chi connectivity index (χ1) is 9.13. The van der Waals surface area contributed by atoms with Crippen molar-refractivity contribution in [3.8, 4) is 6.07 Å². The van der Waals surface area contributed by atoms with Gasteiger partial charge < -0.3 is 10.2 Å². The Morgan fingerprint density at radius 2 is 2.10 bits per heavy atom. The van der Waals surface area contributed by atoms with E-state index in [1.54, 1.807) is 19.0 Å². The number of nitrogens with one attached hydrogen (secondary N) is 1. The van der Waals surface area contributed by atoms with Crippen molar-refractivity contribution in [1.82, 2.24) is 10.2 Å². The summed E-state index contributed by atoms with van der Waals surface area (Å²) < 4.78 is 0. The molecule has 0 heterocycles. The fourth-order valence-electron chi connectivity index (χ4n) is 1.88. The molecule has 1 radical (unpaired) electrons. The van der Waals surface area contributed by atoms with E-state index in [1.165, 1.54) is 5.56 Å². The maximum atomic E-state index is 10.7. The summed E-state index contributed by atoms with van der Waals surface area (Å²) in [7, 11) is 3.41. The van der Waals surface area contributed by atoms with Crippen molar-refractivity contribution in [3.05, 3.63) is 41.3 Å². The third kappa shape index (κ3) is 6.61. The molecule has 113 valence electrons. The Labute approximate surface area is 153 Å². The number of amides is 2. The SMILES string of the molecule is CCCN(C)C(=O)NC.N#C[C-]1Cc2ccccc21.[V].[W]. The van der Waals surface area contributed by atoms with Gasteiger partial charge in [-0.05, 0) is 6.42 Å². The molecule has 21 heavy (non-hydrogen) atoms. The van der Waals surface area contributed by atoms with Crippen LogP contribution in [0.5, 0.6) is 0 Å². The van der Waals surface area contributed by atoms with Gasteiger partial charge in [0.05, 0.1) is 0 Å². The quantitative estimate of drug-likeness (QED) is 0.644. The number of fused-ring (bicyclic) bond motifs is 1. The second-order valence-corrected chi connectivity index (χ2v) is 4.40. The predicted octanol–water partition coefficient (Wildman–Crippen LogP) is 2.35. The molecule has 1 aliphatic carbocycles. The van der Waals surface area contributed by atoms with Crippen molar-refractivity contribution in [3.63, 3.8) is 0 Å². The van der Waals surface area contributed by atoms with Gasteiger partial charge in [0.25, 0.3) is 0 Å². The van der Waals surface area contributed by atoms with Gasteiger partial charge in [-0.2, -0.15) is 17.2 Å². The fraction of sp³-hybridized carbons (Fsp3) is 0.400. The normalized spacial score (nSPS) is 10.1. The third-order valence-corrected chi connectivity index (χ3v) is 2.96. The molecule has 0 fully saturated rings. The molecular weight excluding hydrogens is 473 g/mol. The van der Waals surface area contributed by atoms with E-state index in [9.17, 15) is 4.79 Å². The molecule has 0 saturated carbocycles. The number of hydrogen-bond donors (Lipinski definition) is 1. The van der Waals surface area contributed by atoms with Crippen LogP contribution in [0.15, 0.2) is 24.3 Å². The standard InChI is InChI=1S/C9H6N.C6H14N2O.V.W/c10-6-8-5-7-3-1-2-4-9(7)8;1-4-5-8(3)6(9)7-2;;/h1-4H,5H2;4-5H2,1-3H3,(H,7,9);;/q-1;;;. The molecule has 0 bridgehead atoms. The van der Waals surface area contributed by atoms with Crippen LogP contribution >= 0.6 is 0 Å². The molecule has 4 nitrogen and oxygen atoms in total. The summed E-state index contributed by atoms with van der Waals surface area (Å²) in [5.41, 5.74) is 2.45. The van der Waals surface area contributed by atoms with Gasteiger partial charge in [0.15, 0.2) is 0 Å². The molecule has 0 aromatic heterocycles. The van der Waals surface area contributed by atoms with E-state index in [2.05, 4.69) is 17.5 Å². The number of benzene rings is 1. The van der Waals surface area contributed by atoms with E-state index in [1.807, 2.05) is 25.1 Å². The summed E-state index contributed by atoms with van der Waals surface area (Å²) in [6.07, 6.45) is 1.87. The van der Waals surface area contributed by atoms with Gasteiger partial charge in [0, 0.05) is 66.3 Å². The third-order valence-electron chi connectivity index (χ3n) is 2.96. The maximum Gasteiger partial charge on any atom is 0.316 e. The van der Waals surface area contributed by atoms with Crippen LogP contribution in [-0.2, 0) is 46.0 Å². The zero-order valence-electron chi connectivity index (χ0n) is 12.6. The molecule has 1 aromatic rings. The topological polar surface area (TPSA) is 56.1 Å². The van der Waals surface area contributed by atoms with Gasteiger partial charge in [-0.15, -0.1) is 12.1 Å². The van der Waals surface area contributed by atoms with Gasteiger partial charge in [0.1, 0.15) is 0 Å². The number of rotatable bonds is 2. The Morgan fingerprint density at radius 1 is 1.48 bits per heavy atom. The van der Waals surface area contributed by atoms with Crippen LogP contribution < -0.4 is 5.32 Å². The van der Waals surface area contributed by atoms with Gasteiger partial charge >= 0.3 is 6.03 Å². The van der Waals surface area contributed by atoms with E-state index in [0.717, 1.165) is 30.9 Å². The van der Waals surface area contributed by atoms with E-state index in [4.69, 9.17) is 5.26 Å². The molecule has 2 rings (SSSR count). The van der Waals surface area contributed by atoms with E-state index in [0.29, 0.717) is 0 Å². The zero-order chi connectivity index (χ0) is 14.3. The molecule has 0 atom stereocenters. The van der Waals surface area contributed by atoms with Crippen molar-refractivity contribution in [2.45, 2.75) is 19.8 Å². The molecule has 0 spiro atoms. The first-order valence-corrected chi connectivity index (χ1v) is 6.41. The average molecular weight is 493 g/mol. The maximum absolute atomic E-state index is 10.7. The minimum absolute atomic E-state index is 0. The minimum atomic E-state index is -0.0168. The van der Waals surface area contributed by atoms with Gasteiger partial charge in [-0.1, -0.05) is 25.3 Å². The summed E-state index contributed by atoms with van der Waals surface area (Å²) in [6, 6.07) is 10.2. The van der Waals surface area contributed by atoms with Crippen LogP contribution in [0, 0.1) is 17.2 Å². The minimum Gasteiger partial charge on any atom is -0.341 e. The van der Waals surface area contributed by atoms with Crippen LogP contribution in [0.1, 0.15) is 24.5 Å². The van der Waals surface area contributed by atoms with Gasteiger partial charge in [-0.25, -0.2) is 10.1 Å². The second-order valence-electron chi connectivity index (χ2n) is 4.40. The predicted molar refractivity (Wildman–Crippen MR) is 75.5 cm³/mol. The van der Waals surface area contributed by atoms with Crippen molar-refractivity contribution >= 4 is 6.03 Å². The van der Waals surface area contributed by atoms with Gasteiger partial charge in [-0.3, -0.25) is 0 Å². The average Bonchev–Trinajstić information content (AvgIpc) is 2.40. The van der Waals surface area contributed by atoms with E-state index < -0.39 is 0 Å². The first-order valence-electron chi connectivity index (χ1n) is 6.41. The molecule has 0 saturated heterocycles. The monoisotopic (exact) mass is 493 g/mol. The smallest absolute Gasteiger partial charge is 0.316 e. The summed E-state index contributed by atoms with van der Waals surface area (Å²) in [6.45, 7) is 2.86. The Balaban J connectivity index is 0. The molecule has 1 aromatic carbocycles. The molecule has 2 amide bonds. The fourth-order valence-corrected chi connectivity index (χ4v) is 1.88. The van der Waals surface area contributed by atoms with Crippen LogP contribution in [-0.4, -0.2) is 31.6 Å². The first kappa shape index (κ1) is 22.4. The molecule has 6 heteroatoms. The summed E-state index contributed by atoms with van der Waals surface area (Å²) in [4.78, 5) is 12.4. The largest absolute Gasteiger partial charge is 0.341 e. The number of carbonyl (C=O) groups is 1. The van der Waals surface area contributed by atoms with Crippen molar-refractivity contribution in [1.29, 1.82) is 5.26 Å². The Morgan fingerprint density at radius 3 is 2.57 bits per heavy atom. The number of hydrogen-bond acceptors (Lipinski definition) is 2. The van der Waals surface area contributed by atoms with Crippen LogP contribution in [0.25, 0.3) is 0 Å². The van der Waals surface area contributed by atoms with Crippen LogP contribution in [0.2, 0.25) is 0 Å². The summed E-state index contributed by atoms with van der Waals surface area (Å²) in [5.74, 6) is 0.926. The Hall–Kier alpha value is -0.877. The number of nitriles is 1. The Kier molecular flexibility index (Phi) is 12.5. The number of carbonyl (C=O) groups excluding carboxylic acids is 1. The van der Waals surface area contributed by atoms with E-state index in [-0.39, 0.29) is 45.7 Å². The molecule has 0 aliphatic heterocycles. The van der Waals surface area contributed by atoms with Crippen LogP contribution in [0.4, 0.5) is 4.79 Å². The number of urea groups is 1. The van der Waals surface area contributed by atoms with Crippen LogP contribution in [0.3, 0.4) is 0 Å². The summed E-state index contributed by atoms with van der Waals surface area (Å²) in [5, 5.41) is 11.1. The zero-order valence-corrected chi connectivity index (χ0v) is 16.9. The van der Waals surface area contributed by atoms with E-state index >= 15 is 0 Å². The van der Waals surface area contributed by atoms with Crippen molar-refractivity contribution < 1.29 is 44.4 Å².